The van der Waals surface area contributed by atoms with Gasteiger partial charge in [-0.1, -0.05) is 48.0 Å². The highest BCUT2D eigenvalue weighted by atomic mass is 16.6. The summed E-state index contributed by atoms with van der Waals surface area (Å²) in [5.74, 6) is 4.25. The SMILES string of the molecule is C#CCCCCCN.CC(C)C.CC(C)C.O=C(O)O.O=C(O)O. The van der Waals surface area contributed by atoms with Gasteiger partial charge in [0.25, 0.3) is 0 Å². The molecule has 0 fully saturated rings. The van der Waals surface area contributed by atoms with Crippen LogP contribution in [0.15, 0.2) is 0 Å². The zero-order chi connectivity index (χ0) is 20.6. The molecular weight excluding hydrogens is 314 g/mol. The molecule has 0 aliphatic heterocycles. The summed E-state index contributed by atoms with van der Waals surface area (Å²) in [5, 5.41) is 27.9. The summed E-state index contributed by atoms with van der Waals surface area (Å²) in [6.07, 6.45) is 5.69. The fourth-order valence-electron chi connectivity index (χ4n) is 0.548. The molecule has 0 heterocycles. The van der Waals surface area contributed by atoms with Crippen molar-refractivity contribution in [3.63, 3.8) is 0 Å². The van der Waals surface area contributed by atoms with Crippen LogP contribution in [0.5, 0.6) is 0 Å². The molecule has 0 aromatic rings. The van der Waals surface area contributed by atoms with Gasteiger partial charge in [-0.25, -0.2) is 9.59 Å². The Bertz CT molecular complexity index is 254. The molecule has 7 nitrogen and oxygen atoms in total. The molecule has 0 amide bonds. The third kappa shape index (κ3) is 778. The molecular formula is C17H37NO6. The summed E-state index contributed by atoms with van der Waals surface area (Å²) in [4.78, 5) is 17.1. The number of carbonyl (C=O) groups is 2. The number of rotatable bonds is 4. The van der Waals surface area contributed by atoms with Crippen LogP contribution >= 0.6 is 0 Å². The molecule has 0 unspecified atom stereocenters. The second-order valence-electron chi connectivity index (χ2n) is 5.83. The number of unbranched alkanes of at least 4 members (excludes halogenated alkanes) is 3. The third-order valence-electron chi connectivity index (χ3n) is 1.03. The van der Waals surface area contributed by atoms with E-state index in [4.69, 9.17) is 42.2 Å². The van der Waals surface area contributed by atoms with Crippen molar-refractivity contribution in [1.29, 1.82) is 0 Å². The molecule has 0 aromatic heterocycles. The predicted molar refractivity (Wildman–Crippen MR) is 98.7 cm³/mol. The maximum absolute atomic E-state index is 8.56. The minimum absolute atomic E-state index is 0.796. The van der Waals surface area contributed by atoms with Crippen molar-refractivity contribution < 1.29 is 30.0 Å². The molecule has 146 valence electrons. The minimum Gasteiger partial charge on any atom is -0.450 e. The van der Waals surface area contributed by atoms with Gasteiger partial charge in [0.2, 0.25) is 0 Å². The van der Waals surface area contributed by atoms with E-state index in [1.807, 2.05) is 0 Å². The first kappa shape index (κ1) is 33.6. The van der Waals surface area contributed by atoms with E-state index in [-0.39, 0.29) is 0 Å². The maximum atomic E-state index is 8.56. The normalized spacial score (nSPS) is 7.83. The molecule has 7 heteroatoms. The van der Waals surface area contributed by atoms with Gasteiger partial charge in [-0.15, -0.1) is 12.3 Å². The quantitative estimate of drug-likeness (QED) is 0.358. The van der Waals surface area contributed by atoms with E-state index in [1.54, 1.807) is 0 Å². The first-order valence-corrected chi connectivity index (χ1v) is 7.82. The first-order chi connectivity index (χ1) is 10.8. The average molecular weight is 351 g/mol. The fraction of sp³-hybridized carbons (Fsp3) is 0.765. The lowest BCUT2D eigenvalue weighted by Gasteiger charge is -1.90. The molecule has 6 N–H and O–H groups in total. The number of terminal acetylenes is 1. The second-order valence-corrected chi connectivity index (χ2v) is 5.83. The largest absolute Gasteiger partial charge is 0.503 e. The van der Waals surface area contributed by atoms with Crippen LogP contribution in [0.4, 0.5) is 9.59 Å². The first-order valence-electron chi connectivity index (χ1n) is 7.82. The molecule has 0 saturated carbocycles. The van der Waals surface area contributed by atoms with E-state index in [0.29, 0.717) is 0 Å². The monoisotopic (exact) mass is 351 g/mol. The van der Waals surface area contributed by atoms with Gasteiger partial charge in [0.15, 0.2) is 0 Å². The van der Waals surface area contributed by atoms with Crippen LogP contribution in [0.25, 0.3) is 0 Å². The molecule has 0 radical (unpaired) electrons. The number of nitrogens with two attached hydrogens (primary N) is 1. The van der Waals surface area contributed by atoms with Crippen molar-refractivity contribution in [3.8, 4) is 12.3 Å². The van der Waals surface area contributed by atoms with Crippen LogP contribution in [0, 0.1) is 24.2 Å². The number of carboxylic acid groups (broad SMARTS) is 4. The van der Waals surface area contributed by atoms with E-state index in [9.17, 15) is 0 Å². The number of hydrogen-bond acceptors (Lipinski definition) is 3. The third-order valence-corrected chi connectivity index (χ3v) is 1.03. The highest BCUT2D eigenvalue weighted by Crippen LogP contribution is 1.95. The lowest BCUT2D eigenvalue weighted by Crippen LogP contribution is -1.97. The van der Waals surface area contributed by atoms with Crippen molar-refractivity contribution in [3.05, 3.63) is 0 Å². The molecule has 0 aromatic carbocycles. The second kappa shape index (κ2) is 32.9. The summed E-state index contributed by atoms with van der Waals surface area (Å²) in [7, 11) is 0. The lowest BCUT2D eigenvalue weighted by atomic mass is 10.2. The van der Waals surface area contributed by atoms with Crippen LogP contribution in [-0.2, 0) is 0 Å². The zero-order valence-corrected chi connectivity index (χ0v) is 16.0. The van der Waals surface area contributed by atoms with Gasteiger partial charge in [-0.05, 0) is 31.2 Å². The molecule has 0 aliphatic carbocycles. The van der Waals surface area contributed by atoms with E-state index >= 15 is 0 Å². The Morgan fingerprint density at radius 1 is 0.833 bits per heavy atom. The molecule has 24 heavy (non-hydrogen) atoms. The van der Waals surface area contributed by atoms with Gasteiger partial charge in [0.05, 0.1) is 0 Å². The average Bonchev–Trinajstić information content (AvgIpc) is 2.32. The van der Waals surface area contributed by atoms with Crippen molar-refractivity contribution in [1.82, 2.24) is 0 Å². The molecule has 0 atom stereocenters. The maximum Gasteiger partial charge on any atom is 0.503 e. The van der Waals surface area contributed by atoms with Crippen molar-refractivity contribution in [2.24, 2.45) is 17.6 Å². The van der Waals surface area contributed by atoms with Gasteiger partial charge >= 0.3 is 12.3 Å². The van der Waals surface area contributed by atoms with Gasteiger partial charge in [0.1, 0.15) is 0 Å². The van der Waals surface area contributed by atoms with E-state index in [0.717, 1.165) is 37.6 Å². The molecule has 0 saturated heterocycles. The van der Waals surface area contributed by atoms with Gasteiger partial charge in [0, 0.05) is 6.42 Å². The Hall–Kier alpha value is -1.94. The minimum atomic E-state index is -1.83. The van der Waals surface area contributed by atoms with Gasteiger partial charge in [-0.2, -0.15) is 0 Å². The molecule has 0 aliphatic rings. The fourth-order valence-corrected chi connectivity index (χ4v) is 0.548. The Balaban J connectivity index is -0.0000000657. The topological polar surface area (TPSA) is 141 Å². The van der Waals surface area contributed by atoms with Crippen LogP contribution in [0.1, 0.15) is 67.2 Å². The predicted octanol–water partition coefficient (Wildman–Crippen LogP) is 4.91. The van der Waals surface area contributed by atoms with Crippen molar-refractivity contribution in [2.75, 3.05) is 6.54 Å². The van der Waals surface area contributed by atoms with Crippen LogP contribution in [0.2, 0.25) is 0 Å². The summed E-state index contributed by atoms with van der Waals surface area (Å²) in [5.41, 5.74) is 5.26. The van der Waals surface area contributed by atoms with Crippen LogP contribution in [0.3, 0.4) is 0 Å². The van der Waals surface area contributed by atoms with Crippen molar-refractivity contribution >= 4 is 12.3 Å². The summed E-state index contributed by atoms with van der Waals surface area (Å²) < 4.78 is 0. The Morgan fingerprint density at radius 2 is 1.08 bits per heavy atom. The highest BCUT2D eigenvalue weighted by molar-refractivity contribution is 5.53. The standard InChI is InChI=1S/C7H13N.2C4H10.2CH2O3/c1-2-3-4-5-6-7-8;2*1-4(2)3;2*2-1(3)4/h1H,3-8H2;2*4H,1-3H3;2*(H2,2,3,4). The number of hydrogen-bond donors (Lipinski definition) is 5. The summed E-state index contributed by atoms with van der Waals surface area (Å²) in [6, 6.07) is 0. The lowest BCUT2D eigenvalue weighted by molar-refractivity contribution is 0.135. The van der Waals surface area contributed by atoms with Crippen LogP contribution in [-0.4, -0.2) is 39.3 Å². The Kier molecular flexibility index (Phi) is 46.0. The summed E-state index contributed by atoms with van der Waals surface area (Å²) in [6.45, 7) is 13.8. The zero-order valence-electron chi connectivity index (χ0n) is 16.0. The molecule has 0 rings (SSSR count). The van der Waals surface area contributed by atoms with E-state index in [1.165, 1.54) is 6.42 Å². The Labute approximate surface area is 146 Å². The van der Waals surface area contributed by atoms with Gasteiger partial charge in [-0.3, -0.25) is 0 Å². The molecule has 0 spiro atoms. The highest BCUT2D eigenvalue weighted by Gasteiger charge is 1.82. The van der Waals surface area contributed by atoms with E-state index < -0.39 is 12.3 Å². The Morgan fingerprint density at radius 3 is 1.25 bits per heavy atom. The van der Waals surface area contributed by atoms with E-state index in [2.05, 4.69) is 47.5 Å². The van der Waals surface area contributed by atoms with Crippen LogP contribution < -0.4 is 5.73 Å². The smallest absolute Gasteiger partial charge is 0.450 e. The van der Waals surface area contributed by atoms with Gasteiger partial charge < -0.3 is 26.2 Å². The summed E-state index contributed by atoms with van der Waals surface area (Å²) >= 11 is 0. The molecule has 0 bridgehead atoms. The van der Waals surface area contributed by atoms with Crippen molar-refractivity contribution in [2.45, 2.75) is 67.2 Å².